The number of rotatable bonds is 6. The van der Waals surface area contributed by atoms with Gasteiger partial charge in [-0.15, -0.1) is 0 Å². The van der Waals surface area contributed by atoms with Crippen molar-refractivity contribution >= 4 is 34.7 Å². The van der Waals surface area contributed by atoms with Crippen molar-refractivity contribution in [2.24, 2.45) is 0 Å². The largest absolute Gasteiger partial charge is 0.497 e. The standard InChI is InChI=1S/C26H28N4O3/c1-18-7-5-8-19(15-18)25(31)27-21-11-12-24(30-13-3-4-14-30)23(17-21)29-26(32)28-20-9-6-10-22(16-20)33-2/h5-12,15-17H,3-4,13-14H2,1-2H3,(H,27,31)(H2,28,29,32). The highest BCUT2D eigenvalue weighted by atomic mass is 16.5. The van der Waals surface area contributed by atoms with Crippen LogP contribution in [-0.4, -0.2) is 32.1 Å². The fourth-order valence-corrected chi connectivity index (χ4v) is 3.92. The van der Waals surface area contributed by atoms with E-state index in [-0.39, 0.29) is 11.9 Å². The van der Waals surface area contributed by atoms with E-state index in [9.17, 15) is 9.59 Å². The van der Waals surface area contributed by atoms with E-state index in [1.165, 1.54) is 0 Å². The molecule has 1 saturated heterocycles. The van der Waals surface area contributed by atoms with Crippen LogP contribution in [0.5, 0.6) is 5.75 Å². The predicted molar refractivity (Wildman–Crippen MR) is 133 cm³/mol. The molecule has 0 unspecified atom stereocenters. The van der Waals surface area contributed by atoms with Gasteiger partial charge in [0.1, 0.15) is 5.75 Å². The van der Waals surface area contributed by atoms with Gasteiger partial charge in [-0.2, -0.15) is 0 Å². The molecule has 3 N–H and O–H groups in total. The van der Waals surface area contributed by atoms with E-state index in [1.54, 1.807) is 31.4 Å². The molecule has 0 spiro atoms. The maximum atomic E-state index is 12.8. The van der Waals surface area contributed by atoms with Gasteiger partial charge in [-0.25, -0.2) is 4.79 Å². The summed E-state index contributed by atoms with van der Waals surface area (Å²) in [5.74, 6) is 0.464. The monoisotopic (exact) mass is 444 g/mol. The molecule has 1 aliphatic rings. The number of nitrogens with zero attached hydrogens (tertiary/aromatic N) is 1. The SMILES string of the molecule is COc1cccc(NC(=O)Nc2cc(NC(=O)c3cccc(C)c3)ccc2N2CCCC2)c1. The van der Waals surface area contributed by atoms with E-state index in [2.05, 4.69) is 20.9 Å². The van der Waals surface area contributed by atoms with Crippen LogP contribution in [0.3, 0.4) is 0 Å². The Morgan fingerprint density at radius 2 is 1.61 bits per heavy atom. The first kappa shape index (κ1) is 22.2. The van der Waals surface area contributed by atoms with Crippen LogP contribution in [-0.2, 0) is 0 Å². The summed E-state index contributed by atoms with van der Waals surface area (Å²) in [6.45, 7) is 3.81. The predicted octanol–water partition coefficient (Wildman–Crippen LogP) is 5.50. The second-order valence-electron chi connectivity index (χ2n) is 8.06. The quantitative estimate of drug-likeness (QED) is 0.469. The molecule has 1 heterocycles. The van der Waals surface area contributed by atoms with Crippen molar-refractivity contribution in [1.82, 2.24) is 0 Å². The van der Waals surface area contributed by atoms with Crippen molar-refractivity contribution in [3.05, 3.63) is 77.9 Å². The van der Waals surface area contributed by atoms with Gasteiger partial charge in [0.05, 0.1) is 18.5 Å². The van der Waals surface area contributed by atoms with Crippen LogP contribution in [0.15, 0.2) is 66.7 Å². The van der Waals surface area contributed by atoms with E-state index in [4.69, 9.17) is 4.74 Å². The topological polar surface area (TPSA) is 82.7 Å². The summed E-state index contributed by atoms with van der Waals surface area (Å²) in [5.41, 5.74) is 4.41. The van der Waals surface area contributed by atoms with Crippen molar-refractivity contribution in [3.8, 4) is 5.75 Å². The highest BCUT2D eigenvalue weighted by Crippen LogP contribution is 2.32. The summed E-state index contributed by atoms with van der Waals surface area (Å²) in [4.78, 5) is 27.7. The Balaban J connectivity index is 1.54. The van der Waals surface area contributed by atoms with E-state index in [0.717, 1.165) is 37.2 Å². The minimum absolute atomic E-state index is 0.195. The van der Waals surface area contributed by atoms with Crippen LogP contribution in [0.25, 0.3) is 0 Å². The summed E-state index contributed by atoms with van der Waals surface area (Å²) in [7, 11) is 1.58. The van der Waals surface area contributed by atoms with Crippen LogP contribution < -0.4 is 25.6 Å². The number of urea groups is 1. The molecule has 3 aromatic rings. The summed E-state index contributed by atoms with van der Waals surface area (Å²) >= 11 is 0. The third-order valence-electron chi connectivity index (χ3n) is 5.56. The van der Waals surface area contributed by atoms with Crippen molar-refractivity contribution < 1.29 is 14.3 Å². The van der Waals surface area contributed by atoms with E-state index in [1.807, 2.05) is 49.4 Å². The maximum Gasteiger partial charge on any atom is 0.323 e. The van der Waals surface area contributed by atoms with Crippen LogP contribution in [0, 0.1) is 6.92 Å². The Labute approximate surface area is 193 Å². The Bertz CT molecular complexity index is 1160. The molecule has 0 saturated carbocycles. The lowest BCUT2D eigenvalue weighted by Crippen LogP contribution is -2.24. The molecule has 4 rings (SSSR count). The second kappa shape index (κ2) is 10.1. The summed E-state index contributed by atoms with van der Waals surface area (Å²) < 4.78 is 5.22. The van der Waals surface area contributed by atoms with Gasteiger partial charge in [0, 0.05) is 36.1 Å². The number of carbonyl (C=O) groups excluding carboxylic acids is 2. The summed E-state index contributed by atoms with van der Waals surface area (Å²) in [6, 6.07) is 19.8. The fraction of sp³-hybridized carbons (Fsp3) is 0.231. The van der Waals surface area contributed by atoms with Crippen molar-refractivity contribution in [3.63, 3.8) is 0 Å². The average Bonchev–Trinajstić information content (AvgIpc) is 3.34. The zero-order valence-corrected chi connectivity index (χ0v) is 18.9. The lowest BCUT2D eigenvalue weighted by Gasteiger charge is -2.22. The van der Waals surface area contributed by atoms with Crippen LogP contribution in [0.1, 0.15) is 28.8 Å². The summed E-state index contributed by atoms with van der Waals surface area (Å²) in [5, 5.41) is 8.73. The van der Waals surface area contributed by atoms with Gasteiger partial charge in [-0.3, -0.25) is 4.79 Å². The number of carbonyl (C=O) groups is 2. The van der Waals surface area contributed by atoms with E-state index < -0.39 is 0 Å². The molecule has 0 atom stereocenters. The third kappa shape index (κ3) is 5.63. The van der Waals surface area contributed by atoms with Crippen molar-refractivity contribution in [2.75, 3.05) is 41.0 Å². The first-order valence-electron chi connectivity index (χ1n) is 11.0. The highest BCUT2D eigenvalue weighted by Gasteiger charge is 2.18. The minimum atomic E-state index is -0.370. The van der Waals surface area contributed by atoms with Gasteiger partial charge in [0.2, 0.25) is 0 Å². The lowest BCUT2D eigenvalue weighted by atomic mass is 10.1. The normalized spacial score (nSPS) is 12.8. The van der Waals surface area contributed by atoms with Crippen LogP contribution in [0.2, 0.25) is 0 Å². The number of aryl methyl sites for hydroxylation is 1. The Hall–Kier alpha value is -4.00. The van der Waals surface area contributed by atoms with Crippen molar-refractivity contribution in [2.45, 2.75) is 19.8 Å². The molecule has 1 aliphatic heterocycles. The van der Waals surface area contributed by atoms with Gasteiger partial charge in [0.25, 0.3) is 5.91 Å². The molecule has 7 nitrogen and oxygen atoms in total. The number of nitrogens with one attached hydrogen (secondary N) is 3. The van der Waals surface area contributed by atoms with Crippen LogP contribution in [0.4, 0.5) is 27.5 Å². The Morgan fingerprint density at radius 3 is 2.36 bits per heavy atom. The first-order valence-corrected chi connectivity index (χ1v) is 11.0. The molecular weight excluding hydrogens is 416 g/mol. The Kier molecular flexibility index (Phi) is 6.78. The molecule has 1 fully saturated rings. The molecule has 33 heavy (non-hydrogen) atoms. The molecular formula is C26H28N4O3. The molecule has 3 aromatic carbocycles. The number of hydrogen-bond donors (Lipinski definition) is 3. The smallest absolute Gasteiger partial charge is 0.323 e. The van der Waals surface area contributed by atoms with Gasteiger partial charge in [-0.05, 0) is 62.2 Å². The van der Waals surface area contributed by atoms with E-state index in [0.29, 0.717) is 28.4 Å². The van der Waals surface area contributed by atoms with Gasteiger partial charge < -0.3 is 25.6 Å². The molecule has 170 valence electrons. The molecule has 0 bridgehead atoms. The number of benzene rings is 3. The number of amides is 3. The van der Waals surface area contributed by atoms with Crippen LogP contribution >= 0.6 is 0 Å². The van der Waals surface area contributed by atoms with Gasteiger partial charge in [-0.1, -0.05) is 23.8 Å². The van der Waals surface area contributed by atoms with E-state index >= 15 is 0 Å². The fourth-order valence-electron chi connectivity index (χ4n) is 3.92. The number of ether oxygens (including phenoxy) is 1. The third-order valence-corrected chi connectivity index (χ3v) is 5.56. The molecule has 0 aliphatic carbocycles. The van der Waals surface area contributed by atoms with Gasteiger partial charge in [0.15, 0.2) is 0 Å². The molecule has 0 radical (unpaired) electrons. The minimum Gasteiger partial charge on any atom is -0.497 e. The maximum absolute atomic E-state index is 12.8. The highest BCUT2D eigenvalue weighted by molar-refractivity contribution is 6.06. The number of methoxy groups -OCH3 is 1. The molecule has 3 amide bonds. The zero-order chi connectivity index (χ0) is 23.2. The lowest BCUT2D eigenvalue weighted by molar-refractivity contribution is 0.102. The summed E-state index contributed by atoms with van der Waals surface area (Å²) in [6.07, 6.45) is 2.22. The van der Waals surface area contributed by atoms with Crippen molar-refractivity contribution in [1.29, 1.82) is 0 Å². The molecule has 7 heteroatoms. The van der Waals surface area contributed by atoms with Gasteiger partial charge >= 0.3 is 6.03 Å². The average molecular weight is 445 g/mol. The second-order valence-corrected chi connectivity index (χ2v) is 8.06. The number of anilines is 4. The molecule has 0 aromatic heterocycles. The first-order chi connectivity index (χ1) is 16.0. The number of hydrogen-bond acceptors (Lipinski definition) is 4. The zero-order valence-electron chi connectivity index (χ0n) is 18.9. The Morgan fingerprint density at radius 1 is 0.848 bits per heavy atom.